The van der Waals surface area contributed by atoms with Crippen LogP contribution in [0.4, 0.5) is 4.39 Å². The van der Waals surface area contributed by atoms with Gasteiger partial charge in [0, 0.05) is 6.54 Å². The Labute approximate surface area is 155 Å². The van der Waals surface area contributed by atoms with Gasteiger partial charge in [0.1, 0.15) is 5.82 Å². The molecule has 3 rings (SSSR count). The third kappa shape index (κ3) is 3.99. The van der Waals surface area contributed by atoms with Gasteiger partial charge in [-0.2, -0.15) is 4.31 Å². The molecule has 1 saturated heterocycles. The first-order valence-corrected chi connectivity index (χ1v) is 10.7. The van der Waals surface area contributed by atoms with Crippen LogP contribution in [0.3, 0.4) is 0 Å². The molecule has 0 N–H and O–H groups in total. The minimum atomic E-state index is -3.63. The molecule has 2 aromatic carbocycles. The van der Waals surface area contributed by atoms with E-state index in [0.29, 0.717) is 23.8 Å². The van der Waals surface area contributed by atoms with Crippen LogP contribution in [0, 0.1) is 5.82 Å². The lowest BCUT2D eigenvalue weighted by Crippen LogP contribution is -2.34. The lowest BCUT2D eigenvalue weighted by atomic mass is 10.0. The Hall–Kier alpha value is -1.72. The molecule has 0 spiro atoms. The summed E-state index contributed by atoms with van der Waals surface area (Å²) in [6, 6.07) is 13.2. The second-order valence-electron chi connectivity index (χ2n) is 7.26. The summed E-state index contributed by atoms with van der Waals surface area (Å²) in [5.74, 6) is 0.0235. The Balaban J connectivity index is 1.98. The number of halogens is 1. The van der Waals surface area contributed by atoms with E-state index in [9.17, 15) is 12.8 Å². The van der Waals surface area contributed by atoms with Gasteiger partial charge >= 0.3 is 0 Å². The summed E-state index contributed by atoms with van der Waals surface area (Å²) in [5.41, 5.74) is 1.84. The molecule has 1 fully saturated rings. The highest BCUT2D eigenvalue weighted by molar-refractivity contribution is 7.89. The molecule has 2 aromatic rings. The first-order chi connectivity index (χ1) is 12.4. The van der Waals surface area contributed by atoms with Crippen molar-refractivity contribution in [1.82, 2.24) is 4.31 Å². The van der Waals surface area contributed by atoms with Crippen molar-refractivity contribution in [2.75, 3.05) is 6.54 Å². The third-order valence-electron chi connectivity index (χ3n) is 5.09. The Bertz CT molecular complexity index is 847. The molecule has 0 saturated carbocycles. The van der Waals surface area contributed by atoms with Crippen LogP contribution in [-0.2, 0) is 10.0 Å². The summed E-state index contributed by atoms with van der Waals surface area (Å²) in [6.45, 7) is 4.63. The molecule has 0 aromatic heterocycles. The fraction of sp³-hybridized carbons (Fsp3) is 0.429. The van der Waals surface area contributed by atoms with E-state index >= 15 is 0 Å². The molecular formula is C21H26FNO2S. The zero-order chi connectivity index (χ0) is 18.7. The van der Waals surface area contributed by atoms with E-state index in [-0.39, 0.29) is 11.9 Å². The molecule has 1 atom stereocenters. The van der Waals surface area contributed by atoms with Crippen molar-refractivity contribution in [3.05, 3.63) is 65.5 Å². The zero-order valence-corrected chi connectivity index (χ0v) is 16.2. The predicted octanol–water partition coefficient (Wildman–Crippen LogP) is 5.26. The first kappa shape index (κ1) is 19.1. The Kier molecular flexibility index (Phi) is 5.78. The standard InChI is InChI=1S/C21H26FNO2S/c1-16(2)17-10-12-20(13-11-17)26(24,25)23-14-5-3-4-9-21(23)18-7-6-8-19(22)15-18/h6-8,10-13,15-16,21H,3-5,9,14H2,1-2H3. The number of sulfonamides is 1. The molecule has 0 aliphatic carbocycles. The van der Waals surface area contributed by atoms with Gasteiger partial charge in [-0.1, -0.05) is 51.0 Å². The van der Waals surface area contributed by atoms with Crippen LogP contribution in [-0.4, -0.2) is 19.3 Å². The van der Waals surface area contributed by atoms with Crippen LogP contribution in [0.5, 0.6) is 0 Å². The average molecular weight is 376 g/mol. The maximum Gasteiger partial charge on any atom is 0.243 e. The van der Waals surface area contributed by atoms with Gasteiger partial charge in [-0.15, -0.1) is 0 Å². The van der Waals surface area contributed by atoms with Gasteiger partial charge < -0.3 is 0 Å². The van der Waals surface area contributed by atoms with E-state index in [1.165, 1.54) is 12.1 Å². The predicted molar refractivity (Wildman–Crippen MR) is 102 cm³/mol. The molecule has 140 valence electrons. The Morgan fingerprint density at radius 1 is 1.04 bits per heavy atom. The number of nitrogens with zero attached hydrogens (tertiary/aromatic N) is 1. The van der Waals surface area contributed by atoms with E-state index in [1.807, 2.05) is 18.2 Å². The van der Waals surface area contributed by atoms with E-state index in [1.54, 1.807) is 22.5 Å². The molecule has 3 nitrogen and oxygen atoms in total. The minimum Gasteiger partial charge on any atom is -0.207 e. The minimum absolute atomic E-state index is 0.310. The smallest absolute Gasteiger partial charge is 0.207 e. The highest BCUT2D eigenvalue weighted by Crippen LogP contribution is 2.35. The quantitative estimate of drug-likeness (QED) is 0.731. The van der Waals surface area contributed by atoms with E-state index in [2.05, 4.69) is 13.8 Å². The highest BCUT2D eigenvalue weighted by Gasteiger charge is 2.33. The summed E-state index contributed by atoms with van der Waals surface area (Å²) < 4.78 is 41.9. The van der Waals surface area contributed by atoms with Gasteiger partial charge in [-0.25, -0.2) is 12.8 Å². The topological polar surface area (TPSA) is 37.4 Å². The second-order valence-corrected chi connectivity index (χ2v) is 9.15. The molecule has 0 bridgehead atoms. The lowest BCUT2D eigenvalue weighted by molar-refractivity contribution is 0.328. The van der Waals surface area contributed by atoms with Crippen LogP contribution in [0.1, 0.15) is 62.6 Å². The molecule has 1 unspecified atom stereocenters. The number of benzene rings is 2. The molecule has 0 amide bonds. The summed E-state index contributed by atoms with van der Waals surface area (Å²) in [4.78, 5) is 0.310. The zero-order valence-electron chi connectivity index (χ0n) is 15.4. The number of rotatable bonds is 4. The maximum atomic E-state index is 13.7. The molecule has 1 aliphatic rings. The van der Waals surface area contributed by atoms with Crippen LogP contribution in [0.25, 0.3) is 0 Å². The van der Waals surface area contributed by atoms with Crippen LogP contribution in [0.15, 0.2) is 53.4 Å². The summed E-state index contributed by atoms with van der Waals surface area (Å²) in [7, 11) is -3.63. The van der Waals surface area contributed by atoms with Gasteiger partial charge in [0.25, 0.3) is 0 Å². The molecule has 0 radical (unpaired) electrons. The maximum absolute atomic E-state index is 13.7. The third-order valence-corrected chi connectivity index (χ3v) is 7.01. The summed E-state index contributed by atoms with van der Waals surface area (Å²) in [6.07, 6.45) is 3.48. The van der Waals surface area contributed by atoms with Crippen molar-refractivity contribution >= 4 is 10.0 Å². The molecule has 5 heteroatoms. The van der Waals surface area contributed by atoms with Crippen molar-refractivity contribution in [1.29, 1.82) is 0 Å². The normalized spacial score (nSPS) is 19.5. The molecule has 26 heavy (non-hydrogen) atoms. The van der Waals surface area contributed by atoms with E-state index < -0.39 is 10.0 Å². The van der Waals surface area contributed by atoms with Crippen molar-refractivity contribution in [2.45, 2.75) is 56.4 Å². The lowest BCUT2D eigenvalue weighted by Gasteiger charge is -2.29. The van der Waals surface area contributed by atoms with Gasteiger partial charge in [-0.3, -0.25) is 0 Å². The highest BCUT2D eigenvalue weighted by atomic mass is 32.2. The fourth-order valence-electron chi connectivity index (χ4n) is 3.58. The monoisotopic (exact) mass is 375 g/mol. The van der Waals surface area contributed by atoms with Crippen molar-refractivity contribution < 1.29 is 12.8 Å². The van der Waals surface area contributed by atoms with E-state index in [4.69, 9.17) is 0 Å². The first-order valence-electron chi connectivity index (χ1n) is 9.27. The van der Waals surface area contributed by atoms with E-state index in [0.717, 1.165) is 30.4 Å². The molecule has 1 aliphatic heterocycles. The SMILES string of the molecule is CC(C)c1ccc(S(=O)(=O)N2CCCCCC2c2cccc(F)c2)cc1. The summed E-state index contributed by atoms with van der Waals surface area (Å²) in [5, 5.41) is 0. The van der Waals surface area contributed by atoms with Gasteiger partial charge in [0.15, 0.2) is 0 Å². The van der Waals surface area contributed by atoms with Crippen molar-refractivity contribution in [3.63, 3.8) is 0 Å². The average Bonchev–Trinajstić information content (AvgIpc) is 2.88. The Morgan fingerprint density at radius 2 is 1.77 bits per heavy atom. The van der Waals surface area contributed by atoms with Gasteiger partial charge in [0.05, 0.1) is 10.9 Å². The van der Waals surface area contributed by atoms with Crippen LogP contribution in [0.2, 0.25) is 0 Å². The Morgan fingerprint density at radius 3 is 2.42 bits per heavy atom. The van der Waals surface area contributed by atoms with Crippen LogP contribution < -0.4 is 0 Å². The number of hydrogen-bond acceptors (Lipinski definition) is 2. The van der Waals surface area contributed by atoms with Crippen molar-refractivity contribution in [2.24, 2.45) is 0 Å². The second kappa shape index (κ2) is 7.89. The summed E-state index contributed by atoms with van der Waals surface area (Å²) >= 11 is 0. The molecule has 1 heterocycles. The van der Waals surface area contributed by atoms with Gasteiger partial charge in [0.2, 0.25) is 10.0 Å². The van der Waals surface area contributed by atoms with Crippen molar-refractivity contribution in [3.8, 4) is 0 Å². The van der Waals surface area contributed by atoms with Crippen LogP contribution >= 0.6 is 0 Å². The number of hydrogen-bond donors (Lipinski definition) is 0. The fourth-order valence-corrected chi connectivity index (χ4v) is 5.26. The molecular weight excluding hydrogens is 349 g/mol. The largest absolute Gasteiger partial charge is 0.243 e. The van der Waals surface area contributed by atoms with Gasteiger partial charge in [-0.05, 0) is 54.2 Å².